The molecular weight excluding hydrogens is 212 g/mol. The van der Waals surface area contributed by atoms with Crippen LogP contribution in [-0.2, 0) is 4.79 Å². The maximum atomic E-state index is 11.2. The van der Waals surface area contributed by atoms with Gasteiger partial charge in [0.15, 0.2) is 0 Å². The lowest BCUT2D eigenvalue weighted by Crippen LogP contribution is -2.28. The first-order valence-corrected chi connectivity index (χ1v) is 6.31. The maximum absolute atomic E-state index is 11.2. The number of amides is 1. The lowest BCUT2D eigenvalue weighted by atomic mass is 9.95. The van der Waals surface area contributed by atoms with Crippen LogP contribution in [0.2, 0.25) is 0 Å². The highest BCUT2D eigenvalue weighted by atomic mass is 16.1. The summed E-state index contributed by atoms with van der Waals surface area (Å²) in [6, 6.07) is 10.2. The lowest BCUT2D eigenvalue weighted by Gasteiger charge is -2.22. The Morgan fingerprint density at radius 1 is 1.24 bits per heavy atom. The summed E-state index contributed by atoms with van der Waals surface area (Å²) in [7, 11) is 0. The van der Waals surface area contributed by atoms with Crippen LogP contribution in [0.5, 0.6) is 0 Å². The Bertz CT molecular complexity index is 358. The molecule has 1 aliphatic rings. The van der Waals surface area contributed by atoms with Gasteiger partial charge in [0.1, 0.15) is 0 Å². The number of rotatable bonds is 5. The summed E-state index contributed by atoms with van der Waals surface area (Å²) >= 11 is 0. The molecule has 1 heterocycles. The van der Waals surface area contributed by atoms with Crippen molar-refractivity contribution in [2.75, 3.05) is 19.6 Å². The van der Waals surface area contributed by atoms with Gasteiger partial charge in [-0.2, -0.15) is 0 Å². The Balaban J connectivity index is 2.04. The number of hydrogen-bond donors (Lipinski definition) is 1. The molecule has 92 valence electrons. The number of carbonyl (C=O) groups is 1. The average Bonchev–Trinajstić information content (AvgIpc) is 2.82. The van der Waals surface area contributed by atoms with Gasteiger partial charge in [-0.3, -0.25) is 4.79 Å². The van der Waals surface area contributed by atoms with Gasteiger partial charge in [-0.25, -0.2) is 0 Å². The van der Waals surface area contributed by atoms with Crippen LogP contribution in [0.25, 0.3) is 0 Å². The fraction of sp³-hybridized carbons (Fsp3) is 0.500. The first kappa shape index (κ1) is 12.1. The SMILES string of the molecule is NC(=O)CC(CN1CCCC1)c1ccccc1. The smallest absolute Gasteiger partial charge is 0.218 e. The van der Waals surface area contributed by atoms with E-state index < -0.39 is 0 Å². The average molecular weight is 232 g/mol. The normalized spacial score (nSPS) is 18.1. The van der Waals surface area contributed by atoms with E-state index in [-0.39, 0.29) is 11.8 Å². The number of nitrogens with zero attached hydrogens (tertiary/aromatic N) is 1. The zero-order valence-corrected chi connectivity index (χ0v) is 10.1. The molecule has 2 N–H and O–H groups in total. The second kappa shape index (κ2) is 5.82. The molecule has 3 heteroatoms. The number of carbonyl (C=O) groups excluding carboxylic acids is 1. The number of primary amides is 1. The van der Waals surface area contributed by atoms with Crippen molar-refractivity contribution in [2.24, 2.45) is 5.73 Å². The summed E-state index contributed by atoms with van der Waals surface area (Å²) in [6.45, 7) is 3.26. The van der Waals surface area contributed by atoms with Crippen molar-refractivity contribution < 1.29 is 4.79 Å². The van der Waals surface area contributed by atoms with Gasteiger partial charge in [0.25, 0.3) is 0 Å². The van der Waals surface area contributed by atoms with Crippen molar-refractivity contribution in [3.8, 4) is 0 Å². The minimum atomic E-state index is -0.210. The third-order valence-corrected chi connectivity index (χ3v) is 3.40. The number of hydrogen-bond acceptors (Lipinski definition) is 2. The predicted octanol–water partition coefficient (Wildman–Crippen LogP) is 1.74. The van der Waals surface area contributed by atoms with Gasteiger partial charge in [0, 0.05) is 18.9 Å². The lowest BCUT2D eigenvalue weighted by molar-refractivity contribution is -0.118. The molecule has 0 aromatic heterocycles. The summed E-state index contributed by atoms with van der Waals surface area (Å²) in [5.74, 6) is 0.0323. The summed E-state index contributed by atoms with van der Waals surface area (Å²) in [4.78, 5) is 13.6. The van der Waals surface area contributed by atoms with Gasteiger partial charge < -0.3 is 10.6 Å². The van der Waals surface area contributed by atoms with Gasteiger partial charge in [0.2, 0.25) is 5.91 Å². The second-order valence-corrected chi connectivity index (χ2v) is 4.79. The van der Waals surface area contributed by atoms with E-state index in [0.717, 1.165) is 19.6 Å². The summed E-state index contributed by atoms with van der Waals surface area (Å²) in [5, 5.41) is 0. The fourth-order valence-corrected chi connectivity index (χ4v) is 2.53. The standard InChI is InChI=1S/C14H20N2O/c15-14(17)10-13(11-16-8-4-5-9-16)12-6-2-1-3-7-12/h1-3,6-7,13H,4-5,8-11H2,(H2,15,17). The largest absolute Gasteiger partial charge is 0.370 e. The number of nitrogens with two attached hydrogens (primary N) is 1. The molecule has 0 spiro atoms. The summed E-state index contributed by atoms with van der Waals surface area (Å²) in [6.07, 6.45) is 3.00. The Labute approximate surface area is 103 Å². The van der Waals surface area contributed by atoms with Crippen LogP contribution in [0.15, 0.2) is 30.3 Å². The molecular formula is C14H20N2O. The minimum absolute atomic E-state index is 0.210. The van der Waals surface area contributed by atoms with Gasteiger partial charge in [-0.15, -0.1) is 0 Å². The van der Waals surface area contributed by atoms with Gasteiger partial charge in [-0.05, 0) is 31.5 Å². The first-order valence-electron chi connectivity index (χ1n) is 6.31. The Hall–Kier alpha value is -1.35. The summed E-state index contributed by atoms with van der Waals surface area (Å²) in [5.41, 5.74) is 6.57. The van der Waals surface area contributed by atoms with E-state index >= 15 is 0 Å². The molecule has 1 atom stereocenters. The zero-order valence-electron chi connectivity index (χ0n) is 10.1. The van der Waals surface area contributed by atoms with Crippen LogP contribution in [0.3, 0.4) is 0 Å². The van der Waals surface area contributed by atoms with Crippen molar-refractivity contribution in [3.63, 3.8) is 0 Å². The number of benzene rings is 1. The minimum Gasteiger partial charge on any atom is -0.370 e. The Morgan fingerprint density at radius 3 is 2.47 bits per heavy atom. The first-order chi connectivity index (χ1) is 8.25. The highest BCUT2D eigenvalue weighted by Crippen LogP contribution is 2.22. The van der Waals surface area contributed by atoms with E-state index in [9.17, 15) is 4.79 Å². The van der Waals surface area contributed by atoms with Crippen molar-refractivity contribution >= 4 is 5.91 Å². The topological polar surface area (TPSA) is 46.3 Å². The third kappa shape index (κ3) is 3.56. The number of likely N-dealkylation sites (tertiary alicyclic amines) is 1. The maximum Gasteiger partial charge on any atom is 0.218 e. The molecule has 1 aliphatic heterocycles. The van der Waals surface area contributed by atoms with Crippen LogP contribution in [0.1, 0.15) is 30.7 Å². The van der Waals surface area contributed by atoms with Crippen LogP contribution in [0, 0.1) is 0 Å². The molecule has 0 aliphatic carbocycles. The summed E-state index contributed by atoms with van der Waals surface area (Å²) < 4.78 is 0. The fourth-order valence-electron chi connectivity index (χ4n) is 2.53. The van der Waals surface area contributed by atoms with E-state index in [1.54, 1.807) is 0 Å². The van der Waals surface area contributed by atoms with Crippen LogP contribution in [-0.4, -0.2) is 30.4 Å². The van der Waals surface area contributed by atoms with Gasteiger partial charge in [-0.1, -0.05) is 30.3 Å². The van der Waals surface area contributed by atoms with Crippen LogP contribution in [0.4, 0.5) is 0 Å². The van der Waals surface area contributed by atoms with Crippen molar-refractivity contribution in [2.45, 2.75) is 25.2 Å². The molecule has 1 fully saturated rings. The molecule has 3 nitrogen and oxygen atoms in total. The van der Waals surface area contributed by atoms with Crippen molar-refractivity contribution in [3.05, 3.63) is 35.9 Å². The van der Waals surface area contributed by atoms with Gasteiger partial charge in [0.05, 0.1) is 0 Å². The quantitative estimate of drug-likeness (QED) is 0.840. The van der Waals surface area contributed by atoms with E-state index in [0.29, 0.717) is 6.42 Å². The third-order valence-electron chi connectivity index (χ3n) is 3.40. The molecule has 0 saturated carbocycles. The molecule has 17 heavy (non-hydrogen) atoms. The van der Waals surface area contributed by atoms with Gasteiger partial charge >= 0.3 is 0 Å². The molecule has 0 radical (unpaired) electrons. The molecule has 1 saturated heterocycles. The van der Waals surface area contributed by atoms with E-state index in [4.69, 9.17) is 5.73 Å². The highest BCUT2D eigenvalue weighted by Gasteiger charge is 2.20. The van der Waals surface area contributed by atoms with Crippen LogP contribution >= 0.6 is 0 Å². The molecule has 1 unspecified atom stereocenters. The van der Waals surface area contributed by atoms with Crippen molar-refractivity contribution in [1.82, 2.24) is 4.90 Å². The molecule has 1 aromatic rings. The van der Waals surface area contributed by atoms with Crippen molar-refractivity contribution in [1.29, 1.82) is 0 Å². The van der Waals surface area contributed by atoms with E-state index in [1.165, 1.54) is 18.4 Å². The molecule has 2 rings (SSSR count). The second-order valence-electron chi connectivity index (χ2n) is 4.79. The molecule has 1 amide bonds. The monoisotopic (exact) mass is 232 g/mol. The molecule has 1 aromatic carbocycles. The Morgan fingerprint density at radius 2 is 1.88 bits per heavy atom. The van der Waals surface area contributed by atoms with E-state index in [2.05, 4.69) is 17.0 Å². The van der Waals surface area contributed by atoms with E-state index in [1.807, 2.05) is 18.2 Å². The van der Waals surface area contributed by atoms with Crippen LogP contribution < -0.4 is 5.73 Å². The highest BCUT2D eigenvalue weighted by molar-refractivity contribution is 5.74. The Kier molecular flexibility index (Phi) is 4.15. The molecule has 0 bridgehead atoms. The zero-order chi connectivity index (χ0) is 12.1. The predicted molar refractivity (Wildman–Crippen MR) is 68.7 cm³/mol.